The fourth-order valence-electron chi connectivity index (χ4n) is 3.49. The zero-order valence-corrected chi connectivity index (χ0v) is 16.6. The van der Waals surface area contributed by atoms with E-state index >= 15 is 0 Å². The lowest BCUT2D eigenvalue weighted by atomic mass is 9.84. The van der Waals surface area contributed by atoms with Crippen LogP contribution < -0.4 is 15.4 Å². The number of hydrogen-bond donors (Lipinski definition) is 2. The van der Waals surface area contributed by atoms with Crippen molar-refractivity contribution < 1.29 is 18.7 Å². The predicted molar refractivity (Wildman–Crippen MR) is 105 cm³/mol. The number of benzene rings is 1. The van der Waals surface area contributed by atoms with Crippen LogP contribution in [0.2, 0.25) is 0 Å². The molecule has 150 valence electrons. The Kier molecular flexibility index (Phi) is 6.61. The van der Waals surface area contributed by atoms with E-state index in [1.165, 1.54) is 24.5 Å². The highest BCUT2D eigenvalue weighted by Gasteiger charge is 2.38. The van der Waals surface area contributed by atoms with Gasteiger partial charge in [-0.1, -0.05) is 0 Å². The Morgan fingerprint density at radius 2 is 2.32 bits per heavy atom. The first kappa shape index (κ1) is 20.3. The molecule has 3 rings (SSSR count). The Balaban J connectivity index is 1.58. The van der Waals surface area contributed by atoms with Gasteiger partial charge in [0.2, 0.25) is 11.8 Å². The number of methoxy groups -OCH3 is 1. The van der Waals surface area contributed by atoms with Crippen LogP contribution in [0.25, 0.3) is 0 Å². The first-order valence-corrected chi connectivity index (χ1v) is 10.2. The van der Waals surface area contributed by atoms with Crippen LogP contribution in [0.15, 0.2) is 29.1 Å². The monoisotopic (exact) mass is 405 g/mol. The van der Waals surface area contributed by atoms with E-state index in [0.29, 0.717) is 50.0 Å². The number of rotatable bonds is 9. The van der Waals surface area contributed by atoms with Gasteiger partial charge in [-0.15, -0.1) is 11.3 Å². The molecule has 1 aliphatic rings. The highest BCUT2D eigenvalue weighted by atomic mass is 32.1. The number of carbonyl (C=O) groups excluding carboxylic acids is 2. The van der Waals surface area contributed by atoms with Gasteiger partial charge >= 0.3 is 0 Å². The molecule has 2 amide bonds. The van der Waals surface area contributed by atoms with E-state index in [1.807, 2.05) is 5.38 Å². The van der Waals surface area contributed by atoms with Crippen LogP contribution in [0.1, 0.15) is 36.9 Å². The first-order valence-electron chi connectivity index (χ1n) is 9.27. The van der Waals surface area contributed by atoms with Gasteiger partial charge in [-0.2, -0.15) is 0 Å². The zero-order chi connectivity index (χ0) is 20.0. The van der Waals surface area contributed by atoms with E-state index < -0.39 is 5.54 Å². The smallest absolute Gasteiger partial charge is 0.220 e. The minimum absolute atomic E-state index is 0.0627. The summed E-state index contributed by atoms with van der Waals surface area (Å²) >= 11 is 1.53. The molecule has 28 heavy (non-hydrogen) atoms. The fourth-order valence-corrected chi connectivity index (χ4v) is 4.09. The molecule has 2 N–H and O–H groups in total. The molecule has 1 aromatic carbocycles. The Hall–Kier alpha value is -2.48. The van der Waals surface area contributed by atoms with Gasteiger partial charge < -0.3 is 15.4 Å². The number of hydrogen-bond acceptors (Lipinski definition) is 5. The minimum atomic E-state index is -0.615. The Morgan fingerprint density at radius 3 is 3.00 bits per heavy atom. The van der Waals surface area contributed by atoms with E-state index in [9.17, 15) is 14.0 Å². The number of ether oxygens (including phenoxy) is 1. The second kappa shape index (κ2) is 9.14. The molecule has 2 heterocycles. The Bertz CT molecular complexity index is 828. The summed E-state index contributed by atoms with van der Waals surface area (Å²) in [6.45, 7) is 0.520. The lowest BCUT2D eigenvalue weighted by Crippen LogP contribution is -2.44. The highest BCUT2D eigenvalue weighted by Crippen LogP contribution is 2.31. The van der Waals surface area contributed by atoms with Gasteiger partial charge in [-0.3, -0.25) is 9.59 Å². The number of nitrogens with zero attached hydrogens (tertiary/aromatic N) is 1. The maximum absolute atomic E-state index is 14.3. The number of amides is 2. The van der Waals surface area contributed by atoms with Crippen molar-refractivity contribution in [3.63, 3.8) is 0 Å². The molecule has 1 atom stereocenters. The number of nitrogens with one attached hydrogen (secondary N) is 2. The molecule has 1 aliphatic heterocycles. The molecule has 1 aromatic heterocycles. The van der Waals surface area contributed by atoms with Crippen molar-refractivity contribution in [2.24, 2.45) is 0 Å². The van der Waals surface area contributed by atoms with Crippen molar-refractivity contribution in [1.82, 2.24) is 15.6 Å². The van der Waals surface area contributed by atoms with Crippen LogP contribution in [0.5, 0.6) is 5.75 Å². The van der Waals surface area contributed by atoms with Gasteiger partial charge in [-0.25, -0.2) is 9.37 Å². The lowest BCUT2D eigenvalue weighted by molar-refractivity contribution is -0.122. The molecular weight excluding hydrogens is 381 g/mol. The second-order valence-corrected chi connectivity index (χ2v) is 7.76. The SMILES string of the molecule is COc1ccc(F)c(CC2(CCC(=O)NCCc3cscn3)CCC(=O)N2)c1. The summed E-state index contributed by atoms with van der Waals surface area (Å²) in [5, 5.41) is 7.82. The lowest BCUT2D eigenvalue weighted by Gasteiger charge is -2.29. The molecule has 0 saturated carbocycles. The average molecular weight is 405 g/mol. The predicted octanol–water partition coefficient (Wildman–Crippen LogP) is 2.62. The molecule has 0 spiro atoms. The molecule has 0 bridgehead atoms. The normalized spacial score (nSPS) is 18.7. The van der Waals surface area contributed by atoms with E-state index in [0.717, 1.165) is 5.69 Å². The van der Waals surface area contributed by atoms with Crippen LogP contribution in [-0.4, -0.2) is 36.0 Å². The summed E-state index contributed by atoms with van der Waals surface area (Å²) in [6, 6.07) is 4.58. The minimum Gasteiger partial charge on any atom is -0.497 e. The van der Waals surface area contributed by atoms with Crippen LogP contribution in [0.3, 0.4) is 0 Å². The highest BCUT2D eigenvalue weighted by molar-refractivity contribution is 7.07. The summed E-state index contributed by atoms with van der Waals surface area (Å²) in [4.78, 5) is 28.3. The van der Waals surface area contributed by atoms with Gasteiger partial charge in [0, 0.05) is 36.7 Å². The largest absolute Gasteiger partial charge is 0.497 e. The summed E-state index contributed by atoms with van der Waals surface area (Å²) in [6.07, 6.45) is 2.70. The summed E-state index contributed by atoms with van der Waals surface area (Å²) in [5.41, 5.74) is 2.58. The molecule has 1 saturated heterocycles. The third-order valence-electron chi connectivity index (χ3n) is 5.03. The molecule has 8 heteroatoms. The van der Waals surface area contributed by atoms with Crippen LogP contribution >= 0.6 is 11.3 Å². The van der Waals surface area contributed by atoms with Gasteiger partial charge in [0.15, 0.2) is 0 Å². The van der Waals surface area contributed by atoms with Crippen molar-refractivity contribution in [3.8, 4) is 5.75 Å². The van der Waals surface area contributed by atoms with E-state index in [4.69, 9.17) is 4.74 Å². The van der Waals surface area contributed by atoms with Crippen molar-refractivity contribution in [1.29, 1.82) is 0 Å². The number of thiazole rings is 1. The van der Waals surface area contributed by atoms with Crippen LogP contribution in [0, 0.1) is 5.82 Å². The maximum atomic E-state index is 14.3. The van der Waals surface area contributed by atoms with E-state index in [1.54, 1.807) is 17.6 Å². The molecule has 0 aliphatic carbocycles. The molecular formula is C20H24FN3O3S. The summed E-state index contributed by atoms with van der Waals surface area (Å²) < 4.78 is 19.5. The van der Waals surface area contributed by atoms with Crippen molar-refractivity contribution in [2.45, 2.75) is 44.1 Å². The van der Waals surface area contributed by atoms with Crippen molar-refractivity contribution in [2.75, 3.05) is 13.7 Å². The Labute approximate surface area is 167 Å². The summed E-state index contributed by atoms with van der Waals surface area (Å²) in [7, 11) is 1.53. The van der Waals surface area contributed by atoms with Crippen LogP contribution in [0.4, 0.5) is 4.39 Å². The molecule has 0 radical (unpaired) electrons. The molecule has 1 unspecified atom stereocenters. The van der Waals surface area contributed by atoms with Gasteiger partial charge in [0.1, 0.15) is 11.6 Å². The number of carbonyl (C=O) groups is 2. The fraction of sp³-hybridized carbons (Fsp3) is 0.450. The number of halogens is 1. The third-order valence-corrected chi connectivity index (χ3v) is 5.67. The first-order chi connectivity index (χ1) is 13.5. The van der Waals surface area contributed by atoms with E-state index in [-0.39, 0.29) is 24.1 Å². The third kappa shape index (κ3) is 5.28. The standard InChI is InChI=1S/C20H24FN3O3S/c1-27-16-2-3-17(21)14(10-16)11-20(8-5-19(26)24-20)7-4-18(25)22-9-6-15-12-28-13-23-15/h2-3,10,12-13H,4-9,11H2,1H3,(H,22,25)(H,24,26). The van der Waals surface area contributed by atoms with Gasteiger partial charge in [-0.05, 0) is 43.0 Å². The van der Waals surface area contributed by atoms with Crippen molar-refractivity contribution >= 4 is 23.2 Å². The van der Waals surface area contributed by atoms with Gasteiger partial charge in [0.05, 0.1) is 18.3 Å². The second-order valence-electron chi connectivity index (χ2n) is 7.04. The maximum Gasteiger partial charge on any atom is 0.220 e. The molecule has 6 nitrogen and oxygen atoms in total. The Morgan fingerprint density at radius 1 is 1.46 bits per heavy atom. The number of aromatic nitrogens is 1. The average Bonchev–Trinajstić information content (AvgIpc) is 3.32. The van der Waals surface area contributed by atoms with Gasteiger partial charge in [0.25, 0.3) is 0 Å². The topological polar surface area (TPSA) is 80.3 Å². The summed E-state index contributed by atoms with van der Waals surface area (Å²) in [5.74, 6) is 0.0822. The van der Waals surface area contributed by atoms with Crippen molar-refractivity contribution in [3.05, 3.63) is 46.2 Å². The molecule has 1 fully saturated rings. The van der Waals surface area contributed by atoms with Crippen LogP contribution in [-0.2, 0) is 22.4 Å². The zero-order valence-electron chi connectivity index (χ0n) is 15.8. The quantitative estimate of drug-likeness (QED) is 0.672. The van der Waals surface area contributed by atoms with E-state index in [2.05, 4.69) is 15.6 Å². The molecule has 2 aromatic rings.